The van der Waals surface area contributed by atoms with E-state index in [1.165, 1.54) is 23.1 Å². The first-order valence-corrected chi connectivity index (χ1v) is 8.01. The summed E-state index contributed by atoms with van der Waals surface area (Å²) in [4.78, 5) is 10.3. The Kier molecular flexibility index (Phi) is 11.6. The average Bonchev–Trinajstić information content (AvgIpc) is 2.38. The maximum atomic E-state index is 10.3. The van der Waals surface area contributed by atoms with E-state index >= 15 is 0 Å². The van der Waals surface area contributed by atoms with Crippen molar-refractivity contribution >= 4 is 6.29 Å². The van der Waals surface area contributed by atoms with Gasteiger partial charge in [0.05, 0.1) is 0 Å². The molecule has 118 valence electrons. The summed E-state index contributed by atoms with van der Waals surface area (Å²) in [5, 5.41) is 0. The van der Waals surface area contributed by atoms with Gasteiger partial charge >= 0.3 is 0 Å². The van der Waals surface area contributed by atoms with Gasteiger partial charge in [-0.1, -0.05) is 40.5 Å². The molecule has 0 aliphatic rings. The van der Waals surface area contributed by atoms with Crippen molar-refractivity contribution in [1.82, 2.24) is 0 Å². The van der Waals surface area contributed by atoms with Gasteiger partial charge < -0.3 is 0 Å². The lowest BCUT2D eigenvalue weighted by atomic mass is 10.0. The van der Waals surface area contributed by atoms with Crippen LogP contribution in [0.2, 0.25) is 0 Å². The largest absolute Gasteiger partial charge is 0.299 e. The van der Waals surface area contributed by atoms with Gasteiger partial charge in [-0.3, -0.25) is 4.79 Å². The predicted octanol–water partition coefficient (Wildman–Crippen LogP) is 6.33. The molecule has 0 aliphatic carbocycles. The first-order valence-electron chi connectivity index (χ1n) is 8.01. The molecule has 0 radical (unpaired) electrons. The van der Waals surface area contributed by atoms with Gasteiger partial charge in [-0.05, 0) is 79.2 Å². The van der Waals surface area contributed by atoms with Crippen molar-refractivity contribution in [3.63, 3.8) is 0 Å². The van der Waals surface area contributed by atoms with Crippen molar-refractivity contribution in [2.24, 2.45) is 0 Å². The van der Waals surface area contributed by atoms with Crippen LogP contribution in [-0.4, -0.2) is 6.29 Å². The van der Waals surface area contributed by atoms with E-state index in [-0.39, 0.29) is 0 Å². The molecule has 0 aromatic carbocycles. The molecular weight excluding hydrogens is 256 g/mol. The fourth-order valence-corrected chi connectivity index (χ4v) is 2.08. The Morgan fingerprint density at radius 2 is 1.10 bits per heavy atom. The number of hydrogen-bond acceptors (Lipinski definition) is 1. The zero-order valence-electron chi connectivity index (χ0n) is 14.5. The van der Waals surface area contributed by atoms with E-state index in [1.54, 1.807) is 6.08 Å². The number of carbonyl (C=O) groups excluding carboxylic acids is 1. The van der Waals surface area contributed by atoms with E-state index in [0.717, 1.165) is 44.0 Å². The molecule has 0 aliphatic heterocycles. The number of carbonyl (C=O) groups is 1. The Hall–Kier alpha value is -1.37. The molecule has 0 unspecified atom stereocenters. The van der Waals surface area contributed by atoms with E-state index in [1.807, 2.05) is 6.92 Å². The normalized spacial score (nSPS) is 13.3. The summed E-state index contributed by atoms with van der Waals surface area (Å²) in [7, 11) is 0. The van der Waals surface area contributed by atoms with Gasteiger partial charge in [0.1, 0.15) is 6.29 Å². The number of hydrogen-bond donors (Lipinski definition) is 0. The lowest BCUT2D eigenvalue weighted by molar-refractivity contribution is -0.104. The van der Waals surface area contributed by atoms with Crippen LogP contribution < -0.4 is 0 Å². The molecule has 0 fully saturated rings. The second-order valence-electron chi connectivity index (χ2n) is 6.15. The third-order valence-electron chi connectivity index (χ3n) is 3.51. The second kappa shape index (κ2) is 12.4. The predicted molar refractivity (Wildman–Crippen MR) is 94.5 cm³/mol. The average molecular weight is 288 g/mol. The van der Waals surface area contributed by atoms with E-state index in [9.17, 15) is 4.79 Å². The minimum Gasteiger partial charge on any atom is -0.299 e. The highest BCUT2D eigenvalue weighted by molar-refractivity contribution is 5.65. The van der Waals surface area contributed by atoms with Crippen LogP contribution in [0.3, 0.4) is 0 Å². The number of aldehydes is 1. The van der Waals surface area contributed by atoms with Crippen LogP contribution in [0.15, 0.2) is 46.6 Å². The van der Waals surface area contributed by atoms with Crippen molar-refractivity contribution < 1.29 is 4.79 Å². The van der Waals surface area contributed by atoms with E-state index in [0.29, 0.717) is 0 Å². The van der Waals surface area contributed by atoms with Gasteiger partial charge in [-0.15, -0.1) is 0 Å². The summed E-state index contributed by atoms with van der Waals surface area (Å²) in [5.74, 6) is 0. The Labute approximate surface area is 131 Å². The van der Waals surface area contributed by atoms with Gasteiger partial charge in [-0.25, -0.2) is 0 Å². The maximum Gasteiger partial charge on any atom is 0.142 e. The molecule has 0 aromatic rings. The lowest BCUT2D eigenvalue weighted by Gasteiger charge is -2.02. The molecule has 0 bridgehead atoms. The van der Waals surface area contributed by atoms with Gasteiger partial charge in [0.25, 0.3) is 0 Å². The SMILES string of the molecule is CC(C)=CCCC(C)=CCCC(C)=CCCC(C)=CC=O. The molecule has 21 heavy (non-hydrogen) atoms. The van der Waals surface area contributed by atoms with E-state index < -0.39 is 0 Å². The van der Waals surface area contributed by atoms with Crippen LogP contribution in [0.1, 0.15) is 73.1 Å². The zero-order valence-corrected chi connectivity index (χ0v) is 14.5. The van der Waals surface area contributed by atoms with Crippen LogP contribution >= 0.6 is 0 Å². The van der Waals surface area contributed by atoms with Crippen molar-refractivity contribution in [1.29, 1.82) is 0 Å². The van der Waals surface area contributed by atoms with Crippen LogP contribution in [-0.2, 0) is 4.79 Å². The Morgan fingerprint density at radius 1 is 0.667 bits per heavy atom. The van der Waals surface area contributed by atoms with Gasteiger partial charge in [0.15, 0.2) is 0 Å². The quantitative estimate of drug-likeness (QED) is 0.261. The molecule has 0 amide bonds. The van der Waals surface area contributed by atoms with Gasteiger partial charge in [-0.2, -0.15) is 0 Å². The molecule has 0 spiro atoms. The van der Waals surface area contributed by atoms with Gasteiger partial charge in [0.2, 0.25) is 0 Å². The monoisotopic (exact) mass is 288 g/mol. The van der Waals surface area contributed by atoms with Crippen LogP contribution in [0, 0.1) is 0 Å². The molecule has 0 aromatic heterocycles. The first kappa shape index (κ1) is 19.6. The Bertz CT molecular complexity index is 415. The van der Waals surface area contributed by atoms with Gasteiger partial charge in [0, 0.05) is 0 Å². The first-order chi connectivity index (χ1) is 9.95. The molecule has 1 nitrogen and oxygen atoms in total. The summed E-state index contributed by atoms with van der Waals surface area (Å²) in [6.07, 6.45) is 16.1. The Balaban J connectivity index is 3.96. The summed E-state index contributed by atoms with van der Waals surface area (Å²) in [6, 6.07) is 0. The van der Waals surface area contributed by atoms with Crippen LogP contribution in [0.4, 0.5) is 0 Å². The third-order valence-corrected chi connectivity index (χ3v) is 3.51. The molecular formula is C20H32O. The topological polar surface area (TPSA) is 17.1 Å². The Morgan fingerprint density at radius 3 is 1.52 bits per heavy atom. The molecule has 0 atom stereocenters. The second-order valence-corrected chi connectivity index (χ2v) is 6.15. The summed E-state index contributed by atoms with van der Waals surface area (Å²) in [6.45, 7) is 10.7. The van der Waals surface area contributed by atoms with Crippen LogP contribution in [0.5, 0.6) is 0 Å². The number of allylic oxidation sites excluding steroid dienone is 8. The minimum atomic E-state index is 0.870. The molecule has 0 saturated heterocycles. The summed E-state index contributed by atoms with van der Waals surface area (Å²) >= 11 is 0. The highest BCUT2D eigenvalue weighted by atomic mass is 16.1. The standard InChI is InChI=1S/C20H32O/c1-17(2)9-6-10-18(3)11-7-12-19(4)13-8-14-20(5)15-16-21/h9,11,13,15-16H,6-8,10,12,14H2,1-5H3. The summed E-state index contributed by atoms with van der Waals surface area (Å²) < 4.78 is 0. The molecule has 0 rings (SSSR count). The fraction of sp³-hybridized carbons (Fsp3) is 0.550. The molecule has 0 saturated carbocycles. The van der Waals surface area contributed by atoms with Crippen molar-refractivity contribution in [2.45, 2.75) is 73.1 Å². The van der Waals surface area contributed by atoms with E-state index in [2.05, 4.69) is 45.9 Å². The van der Waals surface area contributed by atoms with Crippen molar-refractivity contribution in [3.05, 3.63) is 46.6 Å². The van der Waals surface area contributed by atoms with E-state index in [4.69, 9.17) is 0 Å². The molecule has 0 N–H and O–H groups in total. The third kappa shape index (κ3) is 13.4. The zero-order chi connectivity index (χ0) is 16.1. The fourth-order valence-electron chi connectivity index (χ4n) is 2.08. The smallest absolute Gasteiger partial charge is 0.142 e. The summed E-state index contributed by atoms with van der Waals surface area (Å²) in [5.41, 5.74) is 5.50. The van der Waals surface area contributed by atoms with Crippen LogP contribution in [0.25, 0.3) is 0 Å². The minimum absolute atomic E-state index is 0.870. The van der Waals surface area contributed by atoms with Crippen molar-refractivity contribution in [3.8, 4) is 0 Å². The lowest BCUT2D eigenvalue weighted by Crippen LogP contribution is -1.82. The highest BCUT2D eigenvalue weighted by Crippen LogP contribution is 2.13. The number of rotatable bonds is 10. The molecule has 1 heteroatoms. The molecule has 0 heterocycles. The highest BCUT2D eigenvalue weighted by Gasteiger charge is 1.93. The maximum absolute atomic E-state index is 10.3. The van der Waals surface area contributed by atoms with Crippen molar-refractivity contribution in [2.75, 3.05) is 0 Å².